The highest BCUT2D eigenvalue weighted by atomic mass is 19.1. The summed E-state index contributed by atoms with van der Waals surface area (Å²) in [6.45, 7) is 7.81. The van der Waals surface area contributed by atoms with Crippen LogP contribution in [0, 0.1) is 12.7 Å². The van der Waals surface area contributed by atoms with E-state index in [4.69, 9.17) is 9.47 Å². The molecule has 0 unspecified atom stereocenters. The predicted molar refractivity (Wildman–Crippen MR) is 127 cm³/mol. The molecule has 0 saturated carbocycles. The van der Waals surface area contributed by atoms with Crippen molar-refractivity contribution in [2.24, 2.45) is 0 Å². The first-order valence-electron chi connectivity index (χ1n) is 11.9. The quantitative estimate of drug-likeness (QED) is 0.516. The van der Waals surface area contributed by atoms with Crippen molar-refractivity contribution in [2.45, 2.75) is 71.1 Å². The average molecular weight is 444 g/mol. The Labute approximate surface area is 192 Å². The molecule has 0 radical (unpaired) electrons. The molecule has 1 fully saturated rings. The second-order valence-electron chi connectivity index (χ2n) is 9.02. The number of ether oxygens (including phenoxy) is 2. The number of hydrogen-bond donors (Lipinski definition) is 1. The Morgan fingerprint density at radius 3 is 2.75 bits per heavy atom. The van der Waals surface area contributed by atoms with E-state index in [0.29, 0.717) is 18.2 Å². The number of aliphatic hydroxyl groups excluding tert-OH is 1. The molecule has 1 N–H and O–H groups in total. The van der Waals surface area contributed by atoms with Gasteiger partial charge in [-0.3, -0.25) is 4.90 Å². The highest BCUT2D eigenvalue weighted by Gasteiger charge is 2.27. The van der Waals surface area contributed by atoms with Crippen LogP contribution in [0.3, 0.4) is 0 Å². The maximum atomic E-state index is 13.9. The third-order valence-electron chi connectivity index (χ3n) is 6.50. The van der Waals surface area contributed by atoms with Crippen molar-refractivity contribution >= 4 is 0 Å². The first-order valence-corrected chi connectivity index (χ1v) is 11.9. The van der Waals surface area contributed by atoms with Crippen molar-refractivity contribution in [3.63, 3.8) is 0 Å². The topological polar surface area (TPSA) is 41.9 Å². The first kappa shape index (κ1) is 24.7. The highest BCUT2D eigenvalue weighted by Crippen LogP contribution is 2.28. The molecular formula is C27H38FNO3. The minimum absolute atomic E-state index is 0.119. The average Bonchev–Trinajstić information content (AvgIpc) is 3.21. The number of methoxy groups -OCH3 is 1. The molecule has 3 rings (SSSR count). The lowest BCUT2D eigenvalue weighted by atomic mass is 9.99. The van der Waals surface area contributed by atoms with Crippen LogP contribution >= 0.6 is 0 Å². The molecule has 1 aliphatic rings. The van der Waals surface area contributed by atoms with Crippen LogP contribution in [0.15, 0.2) is 36.4 Å². The Hall–Kier alpha value is -1.95. The van der Waals surface area contributed by atoms with Crippen LogP contribution in [0.25, 0.3) is 0 Å². The van der Waals surface area contributed by atoms with Crippen LogP contribution < -0.4 is 4.74 Å². The number of β-amino-alcohol motifs (C(OH)–C–C–N with tert-alkyl or cyclic N) is 1. The lowest BCUT2D eigenvalue weighted by Crippen LogP contribution is -2.39. The molecule has 0 bridgehead atoms. The summed E-state index contributed by atoms with van der Waals surface area (Å²) < 4.78 is 25.4. The van der Waals surface area contributed by atoms with Crippen molar-refractivity contribution in [3.05, 3.63) is 64.5 Å². The Balaban J connectivity index is 1.54. The number of nitrogens with zero attached hydrogens (tertiary/aromatic N) is 1. The smallest absolute Gasteiger partial charge is 0.126 e. The first-order chi connectivity index (χ1) is 15.4. The second-order valence-corrected chi connectivity index (χ2v) is 9.02. The fourth-order valence-electron chi connectivity index (χ4n) is 4.65. The van der Waals surface area contributed by atoms with Crippen LogP contribution in [0.2, 0.25) is 0 Å². The summed E-state index contributed by atoms with van der Waals surface area (Å²) in [5.41, 5.74) is 4.08. The predicted octanol–water partition coefficient (Wildman–Crippen LogP) is 5.24. The summed E-state index contributed by atoms with van der Waals surface area (Å²) in [4.78, 5) is 2.32. The Kier molecular flexibility index (Phi) is 9.09. The van der Waals surface area contributed by atoms with Gasteiger partial charge in [0.25, 0.3) is 0 Å². The van der Waals surface area contributed by atoms with E-state index in [9.17, 15) is 9.50 Å². The van der Waals surface area contributed by atoms with Crippen LogP contribution in [-0.2, 0) is 17.6 Å². The van der Waals surface area contributed by atoms with Gasteiger partial charge in [-0.05, 0) is 86.5 Å². The second kappa shape index (κ2) is 11.8. The van der Waals surface area contributed by atoms with Gasteiger partial charge in [-0.2, -0.15) is 0 Å². The molecular weight excluding hydrogens is 405 g/mol. The molecule has 1 heterocycles. The summed E-state index contributed by atoms with van der Waals surface area (Å²) in [6.07, 6.45) is 4.36. The van der Waals surface area contributed by atoms with Gasteiger partial charge in [0.15, 0.2) is 0 Å². The van der Waals surface area contributed by atoms with E-state index in [0.717, 1.165) is 55.5 Å². The summed E-state index contributed by atoms with van der Waals surface area (Å²) in [6, 6.07) is 12.0. The van der Waals surface area contributed by atoms with E-state index in [-0.39, 0.29) is 18.5 Å². The summed E-state index contributed by atoms with van der Waals surface area (Å²) >= 11 is 0. The van der Waals surface area contributed by atoms with Crippen LogP contribution in [0.1, 0.15) is 61.5 Å². The van der Waals surface area contributed by atoms with Gasteiger partial charge in [0, 0.05) is 12.6 Å². The molecule has 2 aromatic rings. The van der Waals surface area contributed by atoms with E-state index in [2.05, 4.69) is 17.9 Å². The summed E-state index contributed by atoms with van der Waals surface area (Å²) in [5.74, 6) is 0.678. The number of rotatable bonds is 11. The van der Waals surface area contributed by atoms with Crippen LogP contribution in [-0.4, -0.2) is 49.0 Å². The molecule has 176 valence electrons. The number of benzene rings is 2. The number of hydrogen-bond acceptors (Lipinski definition) is 4. The van der Waals surface area contributed by atoms with Gasteiger partial charge >= 0.3 is 0 Å². The molecule has 4 nitrogen and oxygen atoms in total. The van der Waals surface area contributed by atoms with Crippen molar-refractivity contribution in [1.29, 1.82) is 0 Å². The van der Waals surface area contributed by atoms with Crippen molar-refractivity contribution in [1.82, 2.24) is 4.90 Å². The van der Waals surface area contributed by atoms with Gasteiger partial charge in [0.05, 0.1) is 25.9 Å². The van der Waals surface area contributed by atoms with Gasteiger partial charge in [-0.1, -0.05) is 31.5 Å². The number of aliphatic hydroxyl groups is 1. The zero-order valence-corrected chi connectivity index (χ0v) is 19.9. The Morgan fingerprint density at radius 1 is 1.22 bits per heavy atom. The van der Waals surface area contributed by atoms with E-state index in [1.165, 1.54) is 5.56 Å². The van der Waals surface area contributed by atoms with Crippen molar-refractivity contribution < 1.29 is 19.0 Å². The SMILES string of the molecule is CCCc1ccc(OC)cc1[C@@H](C)OC[C@H](O)CN1CCC[C@H]1Cc1ccc(C)c(F)c1. The van der Waals surface area contributed by atoms with Crippen LogP contribution in [0.4, 0.5) is 4.39 Å². The highest BCUT2D eigenvalue weighted by molar-refractivity contribution is 5.37. The maximum Gasteiger partial charge on any atom is 0.126 e. The monoisotopic (exact) mass is 443 g/mol. The molecule has 5 heteroatoms. The van der Waals surface area contributed by atoms with Gasteiger partial charge in [0.2, 0.25) is 0 Å². The fourth-order valence-corrected chi connectivity index (χ4v) is 4.65. The molecule has 0 aromatic heterocycles. The zero-order chi connectivity index (χ0) is 23.1. The minimum atomic E-state index is -0.562. The number of halogens is 1. The van der Waals surface area contributed by atoms with Crippen LogP contribution in [0.5, 0.6) is 5.75 Å². The van der Waals surface area contributed by atoms with E-state index >= 15 is 0 Å². The molecule has 32 heavy (non-hydrogen) atoms. The van der Waals surface area contributed by atoms with E-state index < -0.39 is 6.10 Å². The zero-order valence-electron chi connectivity index (χ0n) is 19.9. The third kappa shape index (κ3) is 6.53. The van der Waals surface area contributed by atoms with Crippen molar-refractivity contribution in [2.75, 3.05) is 26.8 Å². The summed E-state index contributed by atoms with van der Waals surface area (Å²) in [7, 11) is 1.67. The Morgan fingerprint density at radius 2 is 2.03 bits per heavy atom. The summed E-state index contributed by atoms with van der Waals surface area (Å²) in [5, 5.41) is 10.7. The van der Waals surface area contributed by atoms with E-state index in [1.54, 1.807) is 20.1 Å². The number of likely N-dealkylation sites (tertiary alicyclic amines) is 1. The van der Waals surface area contributed by atoms with Gasteiger partial charge in [-0.25, -0.2) is 4.39 Å². The van der Waals surface area contributed by atoms with E-state index in [1.807, 2.05) is 31.2 Å². The van der Waals surface area contributed by atoms with Gasteiger partial charge < -0.3 is 14.6 Å². The normalized spacial score (nSPS) is 18.6. The fraction of sp³-hybridized carbons (Fsp3) is 0.556. The molecule has 0 amide bonds. The molecule has 3 atom stereocenters. The molecule has 2 aromatic carbocycles. The lowest BCUT2D eigenvalue weighted by Gasteiger charge is -2.28. The number of aryl methyl sites for hydroxylation is 2. The minimum Gasteiger partial charge on any atom is -0.497 e. The van der Waals surface area contributed by atoms with Crippen molar-refractivity contribution in [3.8, 4) is 5.75 Å². The molecule has 0 spiro atoms. The lowest BCUT2D eigenvalue weighted by molar-refractivity contribution is -0.0174. The Bertz CT molecular complexity index is 872. The van der Waals surface area contributed by atoms with Gasteiger partial charge in [-0.15, -0.1) is 0 Å². The molecule has 1 saturated heterocycles. The standard InChI is InChI=1S/C27H38FNO3/c1-5-7-22-11-12-25(31-4)16-26(22)20(3)32-18-24(30)17-29-13-6-8-23(29)14-21-10-9-19(2)27(28)15-21/h9-12,15-16,20,23-24,30H,5-8,13-14,17-18H2,1-4H3/t20-,23+,24-/m1/s1. The molecule has 1 aliphatic heterocycles. The maximum absolute atomic E-state index is 13.9. The van der Waals surface area contributed by atoms with Gasteiger partial charge in [0.1, 0.15) is 11.6 Å². The third-order valence-corrected chi connectivity index (χ3v) is 6.50. The largest absolute Gasteiger partial charge is 0.497 e. The molecule has 0 aliphatic carbocycles.